The van der Waals surface area contributed by atoms with Gasteiger partial charge in [-0.3, -0.25) is 0 Å². The Labute approximate surface area is 190 Å². The molecule has 0 saturated carbocycles. The van der Waals surface area contributed by atoms with Gasteiger partial charge in [0, 0.05) is 16.3 Å². The van der Waals surface area contributed by atoms with Crippen molar-refractivity contribution in [3.8, 4) is 0 Å². The van der Waals surface area contributed by atoms with Crippen LogP contribution in [-0.4, -0.2) is 17.5 Å². The lowest BCUT2D eigenvalue weighted by Crippen LogP contribution is -2.42. The Hall–Kier alpha value is -2.37. The molecule has 1 N–H and O–H groups in total. The molecular weight excluding hydrogens is 431 g/mol. The maximum absolute atomic E-state index is 13.7. The van der Waals surface area contributed by atoms with Crippen LogP contribution in [0, 0.1) is 12.7 Å². The molecule has 0 saturated heterocycles. The minimum Gasteiger partial charge on any atom is -0.312 e. The number of amides is 2. The lowest BCUT2D eigenvalue weighted by Gasteiger charge is -2.36. The molecule has 0 spiro atoms. The zero-order valence-electron chi connectivity index (χ0n) is 17.4. The Morgan fingerprint density at radius 3 is 2.65 bits per heavy atom. The predicted molar refractivity (Wildman–Crippen MR) is 125 cm³/mol. The Morgan fingerprint density at radius 2 is 1.87 bits per heavy atom. The van der Waals surface area contributed by atoms with Gasteiger partial charge >= 0.3 is 6.03 Å². The van der Waals surface area contributed by atoms with Crippen molar-refractivity contribution in [1.82, 2.24) is 4.90 Å². The van der Waals surface area contributed by atoms with Gasteiger partial charge in [0.25, 0.3) is 0 Å². The fourth-order valence-corrected chi connectivity index (χ4v) is 6.62. The van der Waals surface area contributed by atoms with Crippen LogP contribution in [0.25, 0.3) is 0 Å². The number of nitrogens with one attached hydrogen (secondary N) is 1. The number of fused-ring (bicyclic) bond motifs is 3. The average molecular weight is 455 g/mol. The van der Waals surface area contributed by atoms with Crippen LogP contribution in [0.15, 0.2) is 42.5 Å². The number of carbonyl (C=O) groups is 1. The highest BCUT2D eigenvalue weighted by atomic mass is 35.5. The molecule has 0 radical (unpaired) electrons. The van der Waals surface area contributed by atoms with E-state index in [0.717, 1.165) is 30.4 Å². The van der Waals surface area contributed by atoms with Gasteiger partial charge in [0.05, 0.1) is 16.8 Å². The molecule has 1 aromatic heterocycles. The number of halogens is 2. The van der Waals surface area contributed by atoms with E-state index in [1.165, 1.54) is 45.9 Å². The van der Waals surface area contributed by atoms with E-state index in [4.69, 9.17) is 11.6 Å². The monoisotopic (exact) mass is 454 g/mol. The fraction of sp³-hybridized carbons (Fsp3) is 0.320. The van der Waals surface area contributed by atoms with Crippen molar-refractivity contribution in [2.24, 2.45) is 0 Å². The summed E-state index contributed by atoms with van der Waals surface area (Å²) in [6.45, 7) is 2.58. The maximum atomic E-state index is 13.7. The second-order valence-corrected chi connectivity index (χ2v) is 9.91. The first-order valence-corrected chi connectivity index (χ1v) is 11.9. The van der Waals surface area contributed by atoms with Crippen molar-refractivity contribution in [1.29, 1.82) is 0 Å². The number of carbonyl (C=O) groups excluding carboxylic acids is 1. The molecule has 5 rings (SSSR count). The first kappa shape index (κ1) is 20.5. The summed E-state index contributed by atoms with van der Waals surface area (Å²) in [5.74, 6) is -0.271. The summed E-state index contributed by atoms with van der Waals surface area (Å²) in [6, 6.07) is 11.8. The molecule has 3 nitrogen and oxygen atoms in total. The SMILES string of the molecule is Cc1ccc(NC(=O)N2CCc3c(sc4c3CCCC4)[C@@H]2c2ccc(F)cc2)c(Cl)c1. The van der Waals surface area contributed by atoms with Crippen molar-refractivity contribution in [3.05, 3.63) is 85.3 Å². The van der Waals surface area contributed by atoms with Crippen LogP contribution >= 0.6 is 22.9 Å². The molecule has 1 atom stereocenters. The molecule has 1 aliphatic heterocycles. The highest BCUT2D eigenvalue weighted by Gasteiger charge is 2.36. The van der Waals surface area contributed by atoms with E-state index in [1.54, 1.807) is 12.1 Å². The molecule has 1 aliphatic carbocycles. The van der Waals surface area contributed by atoms with Gasteiger partial charge in [-0.25, -0.2) is 9.18 Å². The van der Waals surface area contributed by atoms with Gasteiger partial charge in [-0.15, -0.1) is 11.3 Å². The minimum absolute atomic E-state index is 0.183. The summed E-state index contributed by atoms with van der Waals surface area (Å²) in [7, 11) is 0. The van der Waals surface area contributed by atoms with E-state index in [9.17, 15) is 9.18 Å². The van der Waals surface area contributed by atoms with Crippen molar-refractivity contribution in [2.45, 2.75) is 45.1 Å². The first-order valence-electron chi connectivity index (χ1n) is 10.7. The lowest BCUT2D eigenvalue weighted by atomic mass is 9.88. The minimum atomic E-state index is -0.271. The number of rotatable bonds is 2. The second-order valence-electron chi connectivity index (χ2n) is 8.36. The van der Waals surface area contributed by atoms with Crippen LogP contribution < -0.4 is 5.32 Å². The van der Waals surface area contributed by atoms with Crippen molar-refractivity contribution in [2.75, 3.05) is 11.9 Å². The molecular formula is C25H24ClFN2OS. The van der Waals surface area contributed by atoms with E-state index in [-0.39, 0.29) is 17.9 Å². The summed E-state index contributed by atoms with van der Waals surface area (Å²) in [6.07, 6.45) is 5.56. The third kappa shape index (κ3) is 3.85. The quantitative estimate of drug-likeness (QED) is 0.448. The predicted octanol–water partition coefficient (Wildman–Crippen LogP) is 6.91. The number of nitrogens with zero attached hydrogens (tertiary/aromatic N) is 1. The number of benzene rings is 2. The molecule has 2 amide bonds. The van der Waals surface area contributed by atoms with Crippen molar-refractivity contribution < 1.29 is 9.18 Å². The third-order valence-electron chi connectivity index (χ3n) is 6.29. The van der Waals surface area contributed by atoms with Crippen molar-refractivity contribution in [3.63, 3.8) is 0 Å². The highest BCUT2D eigenvalue weighted by Crippen LogP contribution is 2.45. The van der Waals surface area contributed by atoms with Crippen LogP contribution in [-0.2, 0) is 19.3 Å². The smallest absolute Gasteiger partial charge is 0.312 e. The van der Waals surface area contributed by atoms with E-state index in [1.807, 2.05) is 41.4 Å². The summed E-state index contributed by atoms with van der Waals surface area (Å²) in [5, 5.41) is 3.52. The molecule has 0 unspecified atom stereocenters. The Balaban J connectivity index is 1.53. The molecule has 2 aliphatic rings. The van der Waals surface area contributed by atoms with E-state index < -0.39 is 0 Å². The fourth-order valence-electron chi connectivity index (χ4n) is 4.75. The lowest BCUT2D eigenvalue weighted by molar-refractivity contribution is 0.195. The number of aryl methyl sites for hydroxylation is 2. The van der Waals surface area contributed by atoms with Gasteiger partial charge in [0.2, 0.25) is 0 Å². The Kier molecular flexibility index (Phi) is 5.49. The zero-order valence-corrected chi connectivity index (χ0v) is 19.0. The summed E-state index contributed by atoms with van der Waals surface area (Å²) < 4.78 is 13.7. The van der Waals surface area contributed by atoms with E-state index in [2.05, 4.69) is 5.32 Å². The molecule has 6 heteroatoms. The number of hydrogen-bond acceptors (Lipinski definition) is 2. The largest absolute Gasteiger partial charge is 0.322 e. The maximum Gasteiger partial charge on any atom is 0.322 e. The third-order valence-corrected chi connectivity index (χ3v) is 7.99. The van der Waals surface area contributed by atoms with Gasteiger partial charge in [-0.05, 0) is 85.5 Å². The van der Waals surface area contributed by atoms with Gasteiger partial charge in [-0.2, -0.15) is 0 Å². The van der Waals surface area contributed by atoms with Gasteiger partial charge < -0.3 is 10.2 Å². The highest BCUT2D eigenvalue weighted by molar-refractivity contribution is 7.12. The normalized spacial score (nSPS) is 17.8. The average Bonchev–Trinajstić information content (AvgIpc) is 3.14. The number of hydrogen-bond donors (Lipinski definition) is 1. The Morgan fingerprint density at radius 1 is 1.10 bits per heavy atom. The van der Waals surface area contributed by atoms with Gasteiger partial charge in [0.15, 0.2) is 0 Å². The van der Waals surface area contributed by atoms with Crippen LogP contribution in [0.5, 0.6) is 0 Å². The summed E-state index contributed by atoms with van der Waals surface area (Å²) in [5.41, 5.74) is 5.49. The van der Waals surface area contributed by atoms with Gasteiger partial charge in [0.1, 0.15) is 5.82 Å². The first-order chi connectivity index (χ1) is 15.0. The molecule has 160 valence electrons. The number of anilines is 1. The standard InChI is InChI=1S/C25H24ClFN2OS/c1-15-6-11-21(20(26)14-15)28-25(30)29-13-12-19-18-4-2-3-5-22(18)31-24(19)23(29)16-7-9-17(27)10-8-16/h6-11,14,23H,2-5,12-13H2,1H3,(H,28,30)/t23-/m0/s1. The van der Waals surface area contributed by atoms with E-state index >= 15 is 0 Å². The number of urea groups is 1. The van der Waals surface area contributed by atoms with Crippen LogP contribution in [0.3, 0.4) is 0 Å². The molecule has 2 aromatic carbocycles. The molecule has 2 heterocycles. The van der Waals surface area contributed by atoms with Gasteiger partial charge in [-0.1, -0.05) is 29.8 Å². The van der Waals surface area contributed by atoms with Crippen molar-refractivity contribution >= 4 is 34.7 Å². The Bertz CT molecular complexity index is 1140. The van der Waals surface area contributed by atoms with E-state index in [0.29, 0.717) is 17.3 Å². The number of thiophene rings is 1. The molecule has 0 fully saturated rings. The molecule has 3 aromatic rings. The second kappa shape index (κ2) is 8.29. The zero-order chi connectivity index (χ0) is 21.5. The van der Waals surface area contributed by atoms with Crippen LogP contribution in [0.4, 0.5) is 14.9 Å². The molecule has 31 heavy (non-hydrogen) atoms. The summed E-state index contributed by atoms with van der Waals surface area (Å²) in [4.78, 5) is 18.0. The van der Waals surface area contributed by atoms with Crippen LogP contribution in [0.1, 0.15) is 50.9 Å². The van der Waals surface area contributed by atoms with Crippen LogP contribution in [0.2, 0.25) is 5.02 Å². The summed E-state index contributed by atoms with van der Waals surface area (Å²) >= 11 is 8.20. The molecule has 0 bridgehead atoms. The topological polar surface area (TPSA) is 32.3 Å².